The van der Waals surface area contributed by atoms with Gasteiger partial charge in [0.15, 0.2) is 0 Å². The molecule has 1 saturated heterocycles. The van der Waals surface area contributed by atoms with Crippen molar-refractivity contribution in [1.82, 2.24) is 10.2 Å². The van der Waals surface area contributed by atoms with Gasteiger partial charge in [-0.3, -0.25) is 4.79 Å². The summed E-state index contributed by atoms with van der Waals surface area (Å²) in [6.07, 6.45) is 2.60. The molecule has 132 valence electrons. The number of nitrogens with one attached hydrogen (secondary N) is 1. The second kappa shape index (κ2) is 7.56. The predicted molar refractivity (Wildman–Crippen MR) is 91.8 cm³/mol. The van der Waals surface area contributed by atoms with Crippen LogP contribution in [0.5, 0.6) is 0 Å². The van der Waals surface area contributed by atoms with E-state index in [-0.39, 0.29) is 29.8 Å². The Labute approximate surface area is 147 Å². The van der Waals surface area contributed by atoms with Gasteiger partial charge in [0.25, 0.3) is 0 Å². The quantitative estimate of drug-likeness (QED) is 0.883. The predicted octanol–water partition coefficient (Wildman–Crippen LogP) is 2.58. The van der Waals surface area contributed by atoms with Gasteiger partial charge in [-0.1, -0.05) is 30.3 Å². The number of hydrogen-bond acceptors (Lipinski definition) is 3. The van der Waals surface area contributed by atoms with E-state index in [0.717, 1.165) is 5.56 Å². The molecule has 0 bridgehead atoms. The van der Waals surface area contributed by atoms with Gasteiger partial charge >= 0.3 is 12.0 Å². The van der Waals surface area contributed by atoms with Crippen LogP contribution in [-0.2, 0) is 4.79 Å². The van der Waals surface area contributed by atoms with Crippen molar-refractivity contribution < 1.29 is 14.7 Å². The molecule has 1 aromatic rings. The number of benzene rings is 1. The van der Waals surface area contributed by atoms with E-state index in [9.17, 15) is 14.9 Å². The van der Waals surface area contributed by atoms with Crippen LogP contribution in [0, 0.1) is 23.2 Å². The first-order valence-electron chi connectivity index (χ1n) is 8.81. The molecular weight excluding hydrogens is 318 g/mol. The van der Waals surface area contributed by atoms with Crippen LogP contribution in [0.3, 0.4) is 0 Å². The third-order valence-corrected chi connectivity index (χ3v) is 5.40. The van der Waals surface area contributed by atoms with Crippen molar-refractivity contribution in [3.8, 4) is 6.07 Å². The van der Waals surface area contributed by atoms with Crippen LogP contribution in [0.2, 0.25) is 0 Å². The third kappa shape index (κ3) is 3.93. The summed E-state index contributed by atoms with van der Waals surface area (Å²) in [5, 5.41) is 21.5. The summed E-state index contributed by atoms with van der Waals surface area (Å²) in [5.74, 6) is -1.19. The summed E-state index contributed by atoms with van der Waals surface area (Å²) < 4.78 is 0. The fraction of sp³-hybridized carbons (Fsp3) is 0.526. The summed E-state index contributed by atoms with van der Waals surface area (Å²) in [5.41, 5.74) is 1.09. The van der Waals surface area contributed by atoms with Crippen molar-refractivity contribution in [1.29, 1.82) is 5.26 Å². The van der Waals surface area contributed by atoms with Gasteiger partial charge in [0, 0.05) is 25.0 Å². The van der Waals surface area contributed by atoms with Crippen LogP contribution >= 0.6 is 0 Å². The second-order valence-electron chi connectivity index (χ2n) is 6.99. The molecule has 25 heavy (non-hydrogen) atoms. The average molecular weight is 341 g/mol. The number of hydrogen-bond donors (Lipinski definition) is 2. The molecule has 2 fully saturated rings. The number of nitriles is 1. The van der Waals surface area contributed by atoms with Crippen LogP contribution < -0.4 is 5.32 Å². The number of likely N-dealkylation sites (tertiary alicyclic amines) is 1. The number of carboxylic acid groups (broad SMARTS) is 1. The van der Waals surface area contributed by atoms with E-state index in [4.69, 9.17) is 5.11 Å². The first kappa shape index (κ1) is 17.3. The van der Waals surface area contributed by atoms with Gasteiger partial charge in [-0.2, -0.15) is 5.26 Å². The number of amides is 2. The highest BCUT2D eigenvalue weighted by molar-refractivity contribution is 5.75. The molecule has 1 aliphatic carbocycles. The highest BCUT2D eigenvalue weighted by Crippen LogP contribution is 2.32. The summed E-state index contributed by atoms with van der Waals surface area (Å²) >= 11 is 0. The SMILES string of the molecule is N#C[C@@H]1CN(C(=O)NC2CCC(C(=O)O)CC2)C[C@H]1c1ccccc1. The summed E-state index contributed by atoms with van der Waals surface area (Å²) in [6.45, 7) is 0.977. The van der Waals surface area contributed by atoms with Crippen molar-refractivity contribution in [3.63, 3.8) is 0 Å². The van der Waals surface area contributed by atoms with Gasteiger partial charge in [-0.25, -0.2) is 4.79 Å². The lowest BCUT2D eigenvalue weighted by Crippen LogP contribution is -2.45. The van der Waals surface area contributed by atoms with Crippen molar-refractivity contribution in [2.75, 3.05) is 13.1 Å². The van der Waals surface area contributed by atoms with Gasteiger partial charge < -0.3 is 15.3 Å². The zero-order valence-corrected chi connectivity index (χ0v) is 14.1. The van der Waals surface area contributed by atoms with E-state index in [2.05, 4.69) is 11.4 Å². The molecular formula is C19H23N3O3. The zero-order chi connectivity index (χ0) is 17.8. The van der Waals surface area contributed by atoms with Crippen molar-refractivity contribution in [2.45, 2.75) is 37.6 Å². The largest absolute Gasteiger partial charge is 0.481 e. The Morgan fingerprint density at radius 2 is 1.80 bits per heavy atom. The Hall–Kier alpha value is -2.55. The molecule has 0 aromatic heterocycles. The molecule has 1 heterocycles. The van der Waals surface area contributed by atoms with E-state index >= 15 is 0 Å². The monoisotopic (exact) mass is 341 g/mol. The topological polar surface area (TPSA) is 93.4 Å². The number of rotatable bonds is 3. The summed E-state index contributed by atoms with van der Waals surface area (Å²) in [4.78, 5) is 25.3. The Morgan fingerprint density at radius 1 is 1.12 bits per heavy atom. The van der Waals surface area contributed by atoms with Gasteiger partial charge in [0.2, 0.25) is 0 Å². The Kier molecular flexibility index (Phi) is 5.22. The molecule has 2 N–H and O–H groups in total. The minimum Gasteiger partial charge on any atom is -0.481 e. The van der Waals surface area contributed by atoms with Crippen LogP contribution in [0.4, 0.5) is 4.79 Å². The summed E-state index contributed by atoms with van der Waals surface area (Å²) in [6, 6.07) is 12.1. The van der Waals surface area contributed by atoms with Crippen molar-refractivity contribution in [3.05, 3.63) is 35.9 Å². The first-order valence-corrected chi connectivity index (χ1v) is 8.81. The lowest BCUT2D eigenvalue weighted by molar-refractivity contribution is -0.142. The maximum Gasteiger partial charge on any atom is 0.317 e. The van der Waals surface area contributed by atoms with E-state index in [1.165, 1.54) is 0 Å². The number of carbonyl (C=O) groups is 2. The zero-order valence-electron chi connectivity index (χ0n) is 14.1. The molecule has 6 nitrogen and oxygen atoms in total. The fourth-order valence-corrected chi connectivity index (χ4v) is 3.89. The molecule has 2 amide bonds. The van der Waals surface area contributed by atoms with Crippen molar-refractivity contribution >= 4 is 12.0 Å². The minimum atomic E-state index is -0.744. The smallest absolute Gasteiger partial charge is 0.317 e. The number of aliphatic carboxylic acids is 1. The lowest BCUT2D eigenvalue weighted by atomic mass is 9.86. The normalized spacial score (nSPS) is 29.0. The van der Waals surface area contributed by atoms with E-state index in [1.54, 1.807) is 4.90 Å². The number of carboxylic acids is 1. The van der Waals surface area contributed by atoms with E-state index < -0.39 is 5.97 Å². The maximum atomic E-state index is 12.6. The molecule has 2 aliphatic rings. The molecule has 0 spiro atoms. The molecule has 6 heteroatoms. The standard InChI is InChI=1S/C19H23N3O3/c20-10-15-11-22(12-17(15)13-4-2-1-3-5-13)19(25)21-16-8-6-14(7-9-16)18(23)24/h1-5,14-17H,6-9,11-12H2,(H,21,25)(H,23,24)/t14?,15-,16?,17+/m1/s1. The number of urea groups is 1. The van der Waals surface area contributed by atoms with Crippen LogP contribution in [-0.4, -0.2) is 41.1 Å². The fourth-order valence-electron chi connectivity index (χ4n) is 3.89. The minimum absolute atomic E-state index is 0.0272. The molecule has 0 unspecified atom stereocenters. The second-order valence-corrected chi connectivity index (χ2v) is 6.99. The van der Waals surface area contributed by atoms with Crippen molar-refractivity contribution in [2.24, 2.45) is 11.8 Å². The molecule has 1 aromatic carbocycles. The molecule has 0 radical (unpaired) electrons. The number of nitrogens with zero attached hydrogens (tertiary/aromatic N) is 2. The summed E-state index contributed by atoms with van der Waals surface area (Å²) in [7, 11) is 0. The van der Waals surface area contributed by atoms with Gasteiger partial charge in [0.1, 0.15) is 0 Å². The van der Waals surface area contributed by atoms with Gasteiger partial charge in [-0.15, -0.1) is 0 Å². The third-order valence-electron chi connectivity index (χ3n) is 5.40. The van der Waals surface area contributed by atoms with E-state index in [0.29, 0.717) is 38.8 Å². The molecule has 1 saturated carbocycles. The molecule has 3 rings (SSSR count). The Balaban J connectivity index is 1.57. The molecule has 2 atom stereocenters. The van der Waals surface area contributed by atoms with E-state index in [1.807, 2.05) is 30.3 Å². The van der Waals surface area contributed by atoms with Gasteiger partial charge in [0.05, 0.1) is 17.9 Å². The van der Waals surface area contributed by atoms with Crippen LogP contribution in [0.25, 0.3) is 0 Å². The average Bonchev–Trinajstić information content (AvgIpc) is 3.07. The van der Waals surface area contributed by atoms with Crippen LogP contribution in [0.15, 0.2) is 30.3 Å². The Morgan fingerprint density at radius 3 is 2.40 bits per heavy atom. The van der Waals surface area contributed by atoms with Gasteiger partial charge in [-0.05, 0) is 31.2 Å². The molecule has 1 aliphatic heterocycles. The number of carbonyl (C=O) groups excluding carboxylic acids is 1. The maximum absolute atomic E-state index is 12.6. The van der Waals surface area contributed by atoms with Crippen LogP contribution in [0.1, 0.15) is 37.2 Å². The first-order chi connectivity index (χ1) is 12.1. The highest BCUT2D eigenvalue weighted by Gasteiger charge is 2.37. The lowest BCUT2D eigenvalue weighted by Gasteiger charge is -2.28. The highest BCUT2D eigenvalue weighted by atomic mass is 16.4. The Bertz CT molecular complexity index is 662.